The fourth-order valence-electron chi connectivity index (χ4n) is 0.556. The standard InChI is InChI=1S/C7H13ClN2/c1-7(5-9)6-10-4-2-3-8/h7,10H,2-4,6H2,1H3. The molecule has 10 heavy (non-hydrogen) atoms. The Morgan fingerprint density at radius 1 is 1.70 bits per heavy atom. The third kappa shape index (κ3) is 5.87. The van der Waals surface area contributed by atoms with E-state index in [1.54, 1.807) is 0 Å². The van der Waals surface area contributed by atoms with Gasteiger partial charge in [-0.1, -0.05) is 0 Å². The lowest BCUT2D eigenvalue weighted by molar-refractivity contribution is 0.598. The lowest BCUT2D eigenvalue weighted by Crippen LogP contribution is -2.21. The van der Waals surface area contributed by atoms with Crippen LogP contribution in [0.15, 0.2) is 0 Å². The van der Waals surface area contributed by atoms with Gasteiger partial charge in [-0.2, -0.15) is 5.26 Å². The van der Waals surface area contributed by atoms with Crippen LogP contribution in [0.25, 0.3) is 0 Å². The second kappa shape index (κ2) is 6.85. The number of nitrogens with one attached hydrogen (secondary N) is 1. The predicted molar refractivity (Wildman–Crippen MR) is 43.0 cm³/mol. The molecule has 0 saturated carbocycles. The summed E-state index contributed by atoms with van der Waals surface area (Å²) in [6.45, 7) is 3.58. The lowest BCUT2D eigenvalue weighted by Gasteiger charge is -2.02. The summed E-state index contributed by atoms with van der Waals surface area (Å²) in [5, 5.41) is 11.5. The summed E-state index contributed by atoms with van der Waals surface area (Å²) in [5.74, 6) is 0.795. The molecule has 0 saturated heterocycles. The highest BCUT2D eigenvalue weighted by molar-refractivity contribution is 6.17. The smallest absolute Gasteiger partial charge is 0.0666 e. The van der Waals surface area contributed by atoms with Crippen LogP contribution in [0.4, 0.5) is 0 Å². The monoisotopic (exact) mass is 160 g/mol. The zero-order chi connectivity index (χ0) is 7.82. The van der Waals surface area contributed by atoms with E-state index in [0.29, 0.717) is 5.88 Å². The Labute approximate surface area is 67.2 Å². The SMILES string of the molecule is CC(C#N)CNCCCCl. The molecule has 0 radical (unpaired) electrons. The Balaban J connectivity index is 2.98. The molecule has 0 aromatic heterocycles. The zero-order valence-corrected chi connectivity index (χ0v) is 6.99. The Morgan fingerprint density at radius 2 is 2.40 bits per heavy atom. The van der Waals surface area contributed by atoms with Crippen LogP contribution in [0.5, 0.6) is 0 Å². The molecule has 2 nitrogen and oxygen atoms in total. The maximum absolute atomic E-state index is 8.38. The van der Waals surface area contributed by atoms with Crippen molar-refractivity contribution in [1.29, 1.82) is 5.26 Å². The fourth-order valence-corrected chi connectivity index (χ4v) is 0.690. The highest BCUT2D eigenvalue weighted by Crippen LogP contribution is 1.88. The van der Waals surface area contributed by atoms with Gasteiger partial charge in [-0.15, -0.1) is 11.6 Å². The Kier molecular flexibility index (Phi) is 6.68. The van der Waals surface area contributed by atoms with E-state index >= 15 is 0 Å². The Hall–Kier alpha value is -0.260. The first-order valence-corrected chi connectivity index (χ1v) is 4.01. The van der Waals surface area contributed by atoms with Crippen LogP contribution in [-0.4, -0.2) is 19.0 Å². The molecule has 0 heterocycles. The minimum Gasteiger partial charge on any atom is -0.315 e. The molecule has 1 atom stereocenters. The highest BCUT2D eigenvalue weighted by atomic mass is 35.5. The van der Waals surface area contributed by atoms with Gasteiger partial charge in [-0.3, -0.25) is 0 Å². The normalized spacial score (nSPS) is 12.5. The molecule has 0 rings (SSSR count). The van der Waals surface area contributed by atoms with E-state index in [0.717, 1.165) is 19.5 Å². The number of hydrogen-bond acceptors (Lipinski definition) is 2. The van der Waals surface area contributed by atoms with Crippen LogP contribution < -0.4 is 5.32 Å². The van der Waals surface area contributed by atoms with Gasteiger partial charge in [0.05, 0.1) is 12.0 Å². The molecule has 0 aromatic rings. The van der Waals surface area contributed by atoms with Gasteiger partial charge in [0.1, 0.15) is 0 Å². The van der Waals surface area contributed by atoms with Crippen LogP contribution in [0.1, 0.15) is 13.3 Å². The highest BCUT2D eigenvalue weighted by Gasteiger charge is 1.95. The molecule has 0 aliphatic rings. The first-order chi connectivity index (χ1) is 4.81. The molecular weight excluding hydrogens is 148 g/mol. The number of alkyl halides is 1. The van der Waals surface area contributed by atoms with Crippen molar-refractivity contribution in [3.63, 3.8) is 0 Å². The Bertz CT molecular complexity index is 109. The van der Waals surface area contributed by atoms with Crippen LogP contribution in [0, 0.1) is 17.2 Å². The summed E-state index contributed by atoms with van der Waals surface area (Å²) in [6.07, 6.45) is 0.972. The van der Waals surface area contributed by atoms with Crippen molar-refractivity contribution in [2.75, 3.05) is 19.0 Å². The maximum atomic E-state index is 8.38. The van der Waals surface area contributed by atoms with Crippen molar-refractivity contribution < 1.29 is 0 Å². The zero-order valence-electron chi connectivity index (χ0n) is 6.23. The molecule has 1 N–H and O–H groups in total. The number of rotatable bonds is 5. The quantitative estimate of drug-likeness (QED) is 0.487. The average molecular weight is 161 g/mol. The third-order valence-corrected chi connectivity index (χ3v) is 1.43. The van der Waals surface area contributed by atoms with Gasteiger partial charge in [0.25, 0.3) is 0 Å². The second-order valence-electron chi connectivity index (χ2n) is 2.28. The molecule has 0 aliphatic heterocycles. The number of nitrogens with zero attached hydrogens (tertiary/aromatic N) is 1. The minimum atomic E-state index is 0.107. The summed E-state index contributed by atoms with van der Waals surface area (Å²) in [4.78, 5) is 0. The van der Waals surface area contributed by atoms with Crippen LogP contribution in [-0.2, 0) is 0 Å². The van der Waals surface area contributed by atoms with E-state index in [1.165, 1.54) is 0 Å². The van der Waals surface area contributed by atoms with Crippen LogP contribution in [0.3, 0.4) is 0 Å². The molecule has 0 aliphatic carbocycles. The second-order valence-corrected chi connectivity index (χ2v) is 2.65. The van der Waals surface area contributed by atoms with E-state index in [9.17, 15) is 0 Å². The molecule has 0 spiro atoms. The largest absolute Gasteiger partial charge is 0.315 e. The first-order valence-electron chi connectivity index (χ1n) is 3.47. The van der Waals surface area contributed by atoms with Crippen LogP contribution >= 0.6 is 11.6 Å². The summed E-state index contributed by atoms with van der Waals surface area (Å²) < 4.78 is 0. The number of halogens is 1. The number of nitriles is 1. The van der Waals surface area contributed by atoms with Gasteiger partial charge in [0, 0.05) is 12.4 Å². The number of hydrogen-bond donors (Lipinski definition) is 1. The predicted octanol–water partition coefficient (Wildman–Crippen LogP) is 1.36. The molecule has 0 aromatic carbocycles. The summed E-state index contributed by atoms with van der Waals surface area (Å²) in [7, 11) is 0. The molecule has 0 fully saturated rings. The van der Waals surface area contributed by atoms with Gasteiger partial charge >= 0.3 is 0 Å². The fraction of sp³-hybridized carbons (Fsp3) is 0.857. The average Bonchev–Trinajstić information content (AvgIpc) is 1.98. The third-order valence-electron chi connectivity index (χ3n) is 1.16. The summed E-state index contributed by atoms with van der Waals surface area (Å²) >= 11 is 5.45. The summed E-state index contributed by atoms with van der Waals surface area (Å²) in [5.41, 5.74) is 0. The van der Waals surface area contributed by atoms with Crippen molar-refractivity contribution in [1.82, 2.24) is 5.32 Å². The van der Waals surface area contributed by atoms with Crippen LogP contribution in [0.2, 0.25) is 0 Å². The van der Waals surface area contributed by atoms with Crippen molar-refractivity contribution in [3.05, 3.63) is 0 Å². The molecule has 58 valence electrons. The molecule has 0 amide bonds. The van der Waals surface area contributed by atoms with Gasteiger partial charge < -0.3 is 5.32 Å². The van der Waals surface area contributed by atoms with Gasteiger partial charge in [0.15, 0.2) is 0 Å². The van der Waals surface area contributed by atoms with Crippen molar-refractivity contribution in [3.8, 4) is 6.07 Å². The topological polar surface area (TPSA) is 35.8 Å². The lowest BCUT2D eigenvalue weighted by atomic mass is 10.2. The maximum Gasteiger partial charge on any atom is 0.0666 e. The molecule has 0 bridgehead atoms. The molecule has 3 heteroatoms. The van der Waals surface area contributed by atoms with Gasteiger partial charge in [0.2, 0.25) is 0 Å². The molecular formula is C7H13ClN2. The summed E-state index contributed by atoms with van der Waals surface area (Å²) in [6, 6.07) is 2.15. The first kappa shape index (κ1) is 9.74. The van der Waals surface area contributed by atoms with Crippen molar-refractivity contribution in [2.45, 2.75) is 13.3 Å². The van der Waals surface area contributed by atoms with Crippen molar-refractivity contribution in [2.24, 2.45) is 5.92 Å². The van der Waals surface area contributed by atoms with E-state index in [4.69, 9.17) is 16.9 Å². The van der Waals surface area contributed by atoms with E-state index < -0.39 is 0 Å². The minimum absolute atomic E-state index is 0.107. The van der Waals surface area contributed by atoms with Gasteiger partial charge in [-0.05, 0) is 19.9 Å². The van der Waals surface area contributed by atoms with E-state index in [2.05, 4.69) is 11.4 Å². The van der Waals surface area contributed by atoms with E-state index in [1.807, 2.05) is 6.92 Å². The van der Waals surface area contributed by atoms with E-state index in [-0.39, 0.29) is 5.92 Å². The van der Waals surface area contributed by atoms with Gasteiger partial charge in [-0.25, -0.2) is 0 Å². The van der Waals surface area contributed by atoms with Crippen molar-refractivity contribution >= 4 is 11.6 Å². The molecule has 1 unspecified atom stereocenters. The Morgan fingerprint density at radius 3 is 2.90 bits per heavy atom.